The fraction of sp³-hybridized carbons (Fsp3) is 0.300. The van der Waals surface area contributed by atoms with E-state index >= 15 is 0 Å². The van der Waals surface area contributed by atoms with Gasteiger partial charge in [0.1, 0.15) is 5.60 Å². The van der Waals surface area contributed by atoms with Crippen LogP contribution < -0.4 is 10.6 Å². The van der Waals surface area contributed by atoms with Crippen LogP contribution in [0, 0.1) is 2.88 Å². The second-order valence-corrected chi connectivity index (χ2v) is 10.1. The quantitative estimate of drug-likeness (QED) is 0.438. The number of amides is 1. The first-order valence-corrected chi connectivity index (χ1v) is 10.9. The molecular weight excluding hydrogens is 501 g/mol. The van der Waals surface area contributed by atoms with Crippen molar-refractivity contribution in [2.45, 2.75) is 38.8 Å². The van der Waals surface area contributed by atoms with Gasteiger partial charge in [-0.25, -0.2) is 19.7 Å². The third-order valence-electron chi connectivity index (χ3n) is 3.70. The molecule has 0 aliphatic heterocycles. The summed E-state index contributed by atoms with van der Waals surface area (Å²) in [6.07, 6.45) is 3.46. The molecule has 0 unspecified atom stereocenters. The molecule has 0 bridgehead atoms. The molecule has 1 amide bonds. The molecular formula is C20H22IN5O2S. The molecule has 2 aromatic heterocycles. The Kier molecular flexibility index (Phi) is 7.01. The van der Waals surface area contributed by atoms with Gasteiger partial charge in [-0.15, -0.1) is 0 Å². The lowest BCUT2D eigenvalue weighted by Gasteiger charge is -2.23. The summed E-state index contributed by atoms with van der Waals surface area (Å²) in [5.74, 6) is 0.476. The number of nitrogens with one attached hydrogen (secondary N) is 2. The zero-order valence-corrected chi connectivity index (χ0v) is 19.3. The minimum atomic E-state index is -0.575. The Balaban J connectivity index is 1.83. The highest BCUT2D eigenvalue weighted by Crippen LogP contribution is 2.32. The van der Waals surface area contributed by atoms with Crippen LogP contribution >= 0.6 is 33.9 Å². The molecule has 1 aromatic carbocycles. The Morgan fingerprint density at radius 3 is 2.52 bits per heavy atom. The van der Waals surface area contributed by atoms with Gasteiger partial charge in [-0.2, -0.15) is 0 Å². The van der Waals surface area contributed by atoms with Gasteiger partial charge in [-0.3, -0.25) is 0 Å². The van der Waals surface area contributed by atoms with E-state index in [-0.39, 0.29) is 6.04 Å². The van der Waals surface area contributed by atoms with Crippen molar-refractivity contribution in [1.82, 2.24) is 20.3 Å². The van der Waals surface area contributed by atoms with E-state index in [0.717, 1.165) is 14.1 Å². The van der Waals surface area contributed by atoms with Crippen molar-refractivity contribution in [1.29, 1.82) is 0 Å². The number of benzene rings is 1. The lowest BCUT2D eigenvalue weighted by Crippen LogP contribution is -2.36. The summed E-state index contributed by atoms with van der Waals surface area (Å²) in [6, 6.07) is 11.4. The molecule has 0 saturated heterocycles. The molecule has 1 atom stereocenters. The molecule has 0 saturated carbocycles. The Labute approximate surface area is 187 Å². The zero-order chi connectivity index (χ0) is 20.9. The molecule has 3 rings (SSSR count). The number of hydrogen-bond donors (Lipinski definition) is 2. The molecule has 0 radical (unpaired) electrons. The normalized spacial score (nSPS) is 12.3. The average molecular weight is 523 g/mol. The van der Waals surface area contributed by atoms with E-state index in [1.807, 2.05) is 51.1 Å². The van der Waals surface area contributed by atoms with Gasteiger partial charge < -0.3 is 15.4 Å². The predicted octanol–water partition coefficient (Wildman–Crippen LogP) is 5.09. The van der Waals surface area contributed by atoms with Crippen LogP contribution in [0.3, 0.4) is 0 Å². The van der Waals surface area contributed by atoms with Gasteiger partial charge in [0, 0.05) is 12.4 Å². The van der Waals surface area contributed by atoms with Crippen LogP contribution in [0.25, 0.3) is 0 Å². The molecule has 152 valence electrons. The van der Waals surface area contributed by atoms with E-state index in [1.165, 1.54) is 11.3 Å². The molecule has 7 nitrogen and oxygen atoms in total. The fourth-order valence-corrected chi connectivity index (χ4v) is 4.43. The van der Waals surface area contributed by atoms with Gasteiger partial charge >= 0.3 is 6.09 Å². The number of nitrogens with zero attached hydrogens (tertiary/aromatic N) is 3. The van der Waals surface area contributed by atoms with Crippen LogP contribution in [0.2, 0.25) is 0 Å². The minimum Gasteiger partial charge on any atom is -0.444 e. The highest BCUT2D eigenvalue weighted by molar-refractivity contribution is 14.1. The first-order valence-electron chi connectivity index (χ1n) is 9.04. The van der Waals surface area contributed by atoms with Crippen molar-refractivity contribution in [2.75, 3.05) is 5.32 Å². The molecule has 0 aliphatic carbocycles. The van der Waals surface area contributed by atoms with Crippen LogP contribution in [0.1, 0.15) is 38.1 Å². The second kappa shape index (κ2) is 9.49. The maximum atomic E-state index is 12.4. The van der Waals surface area contributed by atoms with E-state index in [9.17, 15) is 4.79 Å². The molecule has 9 heteroatoms. The maximum Gasteiger partial charge on any atom is 0.408 e. The summed E-state index contributed by atoms with van der Waals surface area (Å²) >= 11 is 3.72. The number of halogens is 1. The third kappa shape index (κ3) is 6.64. The van der Waals surface area contributed by atoms with Gasteiger partial charge in [0.15, 0.2) is 5.13 Å². The molecule has 2 N–H and O–H groups in total. The Bertz CT molecular complexity index is 945. The zero-order valence-electron chi connectivity index (χ0n) is 16.3. The lowest BCUT2D eigenvalue weighted by atomic mass is 10.0. The molecule has 29 heavy (non-hydrogen) atoms. The number of anilines is 2. The maximum absolute atomic E-state index is 12.4. The summed E-state index contributed by atoms with van der Waals surface area (Å²) in [5, 5.41) is 6.75. The Morgan fingerprint density at radius 1 is 1.17 bits per heavy atom. The van der Waals surface area contributed by atoms with Crippen molar-refractivity contribution in [2.24, 2.45) is 0 Å². The topological polar surface area (TPSA) is 89.0 Å². The van der Waals surface area contributed by atoms with Crippen molar-refractivity contribution >= 4 is 51.1 Å². The largest absolute Gasteiger partial charge is 0.444 e. The summed E-state index contributed by atoms with van der Waals surface area (Å²) in [7, 11) is 0. The van der Waals surface area contributed by atoms with E-state index in [0.29, 0.717) is 17.5 Å². The van der Waals surface area contributed by atoms with Crippen molar-refractivity contribution in [3.8, 4) is 0 Å². The molecule has 0 spiro atoms. The van der Waals surface area contributed by atoms with E-state index in [1.54, 1.807) is 18.5 Å². The number of alkyl carbamates (subject to hydrolysis) is 1. The average Bonchev–Trinajstić information content (AvgIpc) is 3.01. The van der Waals surface area contributed by atoms with Crippen LogP contribution in [-0.2, 0) is 11.2 Å². The van der Waals surface area contributed by atoms with E-state index < -0.39 is 11.7 Å². The highest BCUT2D eigenvalue weighted by atomic mass is 127. The van der Waals surface area contributed by atoms with E-state index in [2.05, 4.69) is 43.2 Å². The van der Waals surface area contributed by atoms with Gasteiger partial charge in [-0.1, -0.05) is 41.7 Å². The monoisotopic (exact) mass is 523 g/mol. The highest BCUT2D eigenvalue weighted by Gasteiger charge is 2.25. The number of carbonyl (C=O) groups excluding carboxylic acids is 1. The van der Waals surface area contributed by atoms with Crippen LogP contribution in [-0.4, -0.2) is 26.6 Å². The SMILES string of the molecule is CC(C)(C)OC(=O)N[C@@H](Cc1ccccc1)c1nc(Nc2ncccn2)sc1I. The van der Waals surface area contributed by atoms with Gasteiger partial charge in [0.2, 0.25) is 5.95 Å². The summed E-state index contributed by atoms with van der Waals surface area (Å²) < 4.78 is 6.43. The van der Waals surface area contributed by atoms with Crippen LogP contribution in [0.5, 0.6) is 0 Å². The fourth-order valence-electron chi connectivity index (χ4n) is 2.56. The Morgan fingerprint density at radius 2 is 1.86 bits per heavy atom. The number of ether oxygens (including phenoxy) is 1. The Hall–Kier alpha value is -2.27. The molecule has 0 aliphatic rings. The number of aromatic nitrogens is 3. The van der Waals surface area contributed by atoms with E-state index in [4.69, 9.17) is 9.72 Å². The molecule has 0 fully saturated rings. The molecule has 3 aromatic rings. The first kappa shape index (κ1) is 21.4. The number of thiazole rings is 1. The van der Waals surface area contributed by atoms with Gasteiger partial charge in [0.25, 0.3) is 0 Å². The lowest BCUT2D eigenvalue weighted by molar-refractivity contribution is 0.0502. The standard InChI is InChI=1S/C20H22IN5O2S/c1-20(2,3)28-19(27)24-14(12-13-8-5-4-6-9-13)15-16(21)29-18(25-15)26-17-22-10-7-11-23-17/h4-11,14H,12H2,1-3H3,(H,24,27)(H,22,23,25,26)/t14-/m0/s1. The second-order valence-electron chi connectivity index (χ2n) is 7.26. The van der Waals surface area contributed by atoms with Gasteiger partial charge in [0.05, 0.1) is 14.6 Å². The smallest absolute Gasteiger partial charge is 0.408 e. The van der Waals surface area contributed by atoms with Crippen molar-refractivity contribution in [3.05, 3.63) is 62.9 Å². The summed E-state index contributed by atoms with van der Waals surface area (Å²) in [6.45, 7) is 5.52. The van der Waals surface area contributed by atoms with Crippen molar-refractivity contribution in [3.63, 3.8) is 0 Å². The van der Waals surface area contributed by atoms with Crippen LogP contribution in [0.15, 0.2) is 48.8 Å². The minimum absolute atomic E-state index is 0.331. The van der Waals surface area contributed by atoms with Crippen molar-refractivity contribution < 1.29 is 9.53 Å². The van der Waals surface area contributed by atoms with Gasteiger partial charge in [-0.05, 0) is 61.4 Å². The summed E-state index contributed by atoms with van der Waals surface area (Å²) in [5.41, 5.74) is 1.30. The predicted molar refractivity (Wildman–Crippen MR) is 122 cm³/mol. The molecule has 2 heterocycles. The van der Waals surface area contributed by atoms with Crippen LogP contribution in [0.4, 0.5) is 15.9 Å². The number of rotatable bonds is 6. The summed E-state index contributed by atoms with van der Waals surface area (Å²) in [4.78, 5) is 25.5. The first-order chi connectivity index (χ1) is 13.8. The third-order valence-corrected chi connectivity index (χ3v) is 5.69. The number of carbonyl (C=O) groups is 1. The number of hydrogen-bond acceptors (Lipinski definition) is 7.